The summed E-state index contributed by atoms with van der Waals surface area (Å²) in [7, 11) is 3.64. The summed E-state index contributed by atoms with van der Waals surface area (Å²) in [5.41, 5.74) is 1.95. The van der Waals surface area contributed by atoms with Crippen molar-refractivity contribution in [3.63, 3.8) is 0 Å². The molecule has 2 amide bonds. The largest absolute Gasteiger partial charge is 0.478 e. The Balaban J connectivity index is 0.00000168. The molecule has 38 heavy (non-hydrogen) atoms. The highest BCUT2D eigenvalue weighted by Gasteiger charge is 2.37. The second kappa shape index (κ2) is 14.2. The highest BCUT2D eigenvalue weighted by atomic mass is 16.4. The van der Waals surface area contributed by atoms with E-state index in [2.05, 4.69) is 62.8 Å². The number of nitrogens with zero attached hydrogens (tertiary/aromatic N) is 2. The van der Waals surface area contributed by atoms with Gasteiger partial charge in [0.25, 0.3) is 0 Å². The number of amides is 2. The monoisotopic (exact) mass is 527 g/mol. The maximum atomic E-state index is 13.3. The maximum absolute atomic E-state index is 13.3. The lowest BCUT2D eigenvalue weighted by Gasteiger charge is -2.33. The molecule has 0 fully saturated rings. The summed E-state index contributed by atoms with van der Waals surface area (Å²) in [6.45, 7) is 17.9. The van der Waals surface area contributed by atoms with Crippen molar-refractivity contribution in [1.29, 1.82) is 0 Å². The number of carbonyl (C=O) groups excluding carboxylic acids is 2. The molecule has 7 nitrogen and oxygen atoms in total. The van der Waals surface area contributed by atoms with E-state index in [0.717, 1.165) is 22.4 Å². The van der Waals surface area contributed by atoms with Crippen molar-refractivity contribution in [2.45, 2.75) is 80.2 Å². The lowest BCUT2D eigenvalue weighted by atomic mass is 9.71. The molecule has 0 spiro atoms. The molecule has 1 aromatic carbocycles. The minimum atomic E-state index is -1.01. The van der Waals surface area contributed by atoms with Crippen LogP contribution in [0.4, 0.5) is 0 Å². The minimum absolute atomic E-state index is 0.0210. The quantitative estimate of drug-likeness (QED) is 0.384. The Morgan fingerprint density at radius 1 is 1.11 bits per heavy atom. The standard InChI is InChI=1S/C27H39N3O4.C4H10/c1-9-20(27(5,6)21-16-29(7)22-13-11-10-12-19(21)22)25(32)28-15-24(31)30(8)23(17(2)3)14-18(4)26(33)34;1-4(2)3/h10-14,16-17,20,23H,9,15H2,1-8H3,(H,28,32)(H,33,34);4H,1-3H3/b18-14+;/t20-,23-;/m1./s1. The molecule has 0 aliphatic rings. The minimum Gasteiger partial charge on any atom is -0.478 e. The van der Waals surface area contributed by atoms with Crippen LogP contribution < -0.4 is 5.32 Å². The second-order valence-electron chi connectivity index (χ2n) is 11.7. The van der Waals surface area contributed by atoms with Gasteiger partial charge in [-0.25, -0.2) is 4.79 Å². The molecule has 212 valence electrons. The van der Waals surface area contributed by atoms with Crippen LogP contribution in [0, 0.1) is 17.8 Å². The highest BCUT2D eigenvalue weighted by Crippen LogP contribution is 2.38. The van der Waals surface area contributed by atoms with E-state index in [4.69, 9.17) is 0 Å². The molecule has 0 saturated heterocycles. The first kappa shape index (κ1) is 32.9. The van der Waals surface area contributed by atoms with E-state index in [1.54, 1.807) is 13.1 Å². The van der Waals surface area contributed by atoms with E-state index < -0.39 is 11.4 Å². The van der Waals surface area contributed by atoms with Gasteiger partial charge in [-0.15, -0.1) is 0 Å². The fourth-order valence-corrected chi connectivity index (χ4v) is 4.72. The fourth-order valence-electron chi connectivity index (χ4n) is 4.72. The molecule has 2 atom stereocenters. The average molecular weight is 528 g/mol. The molecule has 0 radical (unpaired) electrons. The topological polar surface area (TPSA) is 91.6 Å². The molecule has 0 unspecified atom stereocenters. The highest BCUT2D eigenvalue weighted by molar-refractivity contribution is 5.90. The Bertz CT molecular complexity index is 1120. The number of likely N-dealkylation sites (N-methyl/N-ethyl adjacent to an activating group) is 1. The molecule has 0 aliphatic carbocycles. The summed E-state index contributed by atoms with van der Waals surface area (Å²) >= 11 is 0. The third kappa shape index (κ3) is 8.47. The van der Waals surface area contributed by atoms with Crippen molar-refractivity contribution in [1.82, 2.24) is 14.8 Å². The molecular formula is C31H49N3O4. The number of hydrogen-bond donors (Lipinski definition) is 2. The van der Waals surface area contributed by atoms with Crippen LogP contribution in [-0.2, 0) is 26.8 Å². The Morgan fingerprint density at radius 3 is 2.16 bits per heavy atom. The summed E-state index contributed by atoms with van der Waals surface area (Å²) in [5, 5.41) is 13.2. The van der Waals surface area contributed by atoms with E-state index >= 15 is 0 Å². The molecule has 2 rings (SSSR count). The average Bonchev–Trinajstić information content (AvgIpc) is 3.17. The Morgan fingerprint density at radius 2 is 1.66 bits per heavy atom. The summed E-state index contributed by atoms with van der Waals surface area (Å²) in [6.07, 6.45) is 4.30. The van der Waals surface area contributed by atoms with Crippen LogP contribution in [0.3, 0.4) is 0 Å². The first-order chi connectivity index (χ1) is 17.6. The first-order valence-electron chi connectivity index (χ1n) is 13.6. The number of aryl methyl sites for hydroxylation is 1. The third-order valence-electron chi connectivity index (χ3n) is 6.88. The molecule has 2 N–H and O–H groups in total. The molecule has 1 aromatic heterocycles. The molecule has 0 bridgehead atoms. The van der Waals surface area contributed by atoms with E-state index in [-0.39, 0.29) is 41.8 Å². The van der Waals surface area contributed by atoms with Gasteiger partial charge in [0.2, 0.25) is 11.8 Å². The van der Waals surface area contributed by atoms with E-state index in [9.17, 15) is 19.5 Å². The van der Waals surface area contributed by atoms with Crippen LogP contribution in [0.5, 0.6) is 0 Å². The number of carboxylic acids is 1. The number of benzene rings is 1. The number of para-hydroxylation sites is 1. The van der Waals surface area contributed by atoms with Crippen LogP contribution in [0.2, 0.25) is 0 Å². The van der Waals surface area contributed by atoms with Gasteiger partial charge in [-0.2, -0.15) is 0 Å². The van der Waals surface area contributed by atoms with Gasteiger partial charge in [0, 0.05) is 48.1 Å². The smallest absolute Gasteiger partial charge is 0.331 e. The van der Waals surface area contributed by atoms with Gasteiger partial charge in [0.1, 0.15) is 0 Å². The van der Waals surface area contributed by atoms with E-state index in [1.807, 2.05) is 40.0 Å². The first-order valence-corrected chi connectivity index (χ1v) is 13.6. The Kier molecular flexibility index (Phi) is 12.3. The van der Waals surface area contributed by atoms with Crippen LogP contribution >= 0.6 is 0 Å². The van der Waals surface area contributed by atoms with Crippen molar-refractivity contribution in [3.05, 3.63) is 47.7 Å². The Hall–Kier alpha value is -3.09. The molecule has 2 aromatic rings. The van der Waals surface area contributed by atoms with Crippen molar-refractivity contribution in [2.24, 2.45) is 24.8 Å². The van der Waals surface area contributed by atoms with Crippen molar-refractivity contribution < 1.29 is 19.5 Å². The number of nitrogens with one attached hydrogen (secondary N) is 1. The molecule has 0 saturated carbocycles. The van der Waals surface area contributed by atoms with Crippen LogP contribution in [0.25, 0.3) is 10.9 Å². The number of carbonyl (C=O) groups is 3. The number of carboxylic acid groups (broad SMARTS) is 1. The van der Waals surface area contributed by atoms with Crippen molar-refractivity contribution in [2.75, 3.05) is 13.6 Å². The van der Waals surface area contributed by atoms with Gasteiger partial charge in [0.05, 0.1) is 12.6 Å². The fraction of sp³-hybridized carbons (Fsp3) is 0.581. The zero-order chi connectivity index (χ0) is 29.4. The van der Waals surface area contributed by atoms with Gasteiger partial charge >= 0.3 is 5.97 Å². The van der Waals surface area contributed by atoms with Gasteiger partial charge < -0.3 is 19.9 Å². The maximum Gasteiger partial charge on any atom is 0.331 e. The zero-order valence-electron chi connectivity index (χ0n) is 25.3. The lowest BCUT2D eigenvalue weighted by Crippen LogP contribution is -2.47. The summed E-state index contributed by atoms with van der Waals surface area (Å²) in [5.74, 6) is -0.916. The summed E-state index contributed by atoms with van der Waals surface area (Å²) < 4.78 is 2.08. The van der Waals surface area contributed by atoms with Gasteiger partial charge in [-0.05, 0) is 36.8 Å². The Labute approximate surface area is 229 Å². The number of hydrogen-bond acceptors (Lipinski definition) is 3. The SMILES string of the molecule is CC(C)C.CC[C@H](C(=O)NCC(=O)N(C)[C@H](/C=C(\C)C(=O)O)C(C)C)C(C)(C)c1cn(C)c2ccccc12. The van der Waals surface area contributed by atoms with Crippen LogP contribution in [0.15, 0.2) is 42.1 Å². The van der Waals surface area contributed by atoms with E-state index in [0.29, 0.717) is 6.42 Å². The van der Waals surface area contributed by atoms with Gasteiger partial charge in [-0.3, -0.25) is 9.59 Å². The number of aromatic nitrogens is 1. The molecule has 0 aliphatic heterocycles. The third-order valence-corrected chi connectivity index (χ3v) is 6.88. The van der Waals surface area contributed by atoms with Crippen LogP contribution in [-0.4, -0.2) is 52.0 Å². The number of aliphatic carboxylic acids is 1. The lowest BCUT2D eigenvalue weighted by molar-refractivity contribution is -0.135. The summed E-state index contributed by atoms with van der Waals surface area (Å²) in [6, 6.07) is 7.77. The molecule has 1 heterocycles. The second-order valence-corrected chi connectivity index (χ2v) is 11.7. The predicted octanol–water partition coefficient (Wildman–Crippen LogP) is 5.77. The van der Waals surface area contributed by atoms with Crippen molar-refractivity contribution >= 4 is 28.7 Å². The van der Waals surface area contributed by atoms with Crippen LogP contribution in [0.1, 0.15) is 74.3 Å². The van der Waals surface area contributed by atoms with E-state index in [1.165, 1.54) is 11.8 Å². The van der Waals surface area contributed by atoms with Gasteiger partial charge in [0.15, 0.2) is 0 Å². The normalized spacial score (nSPS) is 13.7. The molecular weight excluding hydrogens is 478 g/mol. The summed E-state index contributed by atoms with van der Waals surface area (Å²) in [4.78, 5) is 38.9. The van der Waals surface area contributed by atoms with Gasteiger partial charge in [-0.1, -0.05) is 79.7 Å². The number of fused-ring (bicyclic) bond motifs is 1. The molecule has 7 heteroatoms. The predicted molar refractivity (Wildman–Crippen MR) is 156 cm³/mol. The zero-order valence-corrected chi connectivity index (χ0v) is 25.3. The number of rotatable bonds is 10. The van der Waals surface area contributed by atoms with Crippen molar-refractivity contribution in [3.8, 4) is 0 Å².